The van der Waals surface area contributed by atoms with Gasteiger partial charge in [0.05, 0.1) is 14.2 Å². The molecule has 1 aromatic rings. The molecule has 0 saturated heterocycles. The zero-order chi connectivity index (χ0) is 15.0. The first-order valence-electron chi connectivity index (χ1n) is 7.18. The third-order valence-corrected chi connectivity index (χ3v) is 4.51. The zero-order valence-electron chi connectivity index (χ0n) is 12.4. The Balaban J connectivity index is 2.12. The van der Waals surface area contributed by atoms with E-state index in [9.17, 15) is 0 Å². The Morgan fingerprint density at radius 1 is 1.43 bits per heavy atom. The molecule has 0 spiro atoms. The lowest BCUT2D eigenvalue weighted by Crippen LogP contribution is -2.43. The number of hydrogen-bond acceptors (Lipinski definition) is 4. The van der Waals surface area contributed by atoms with Crippen LogP contribution in [0.4, 0.5) is 0 Å². The molecule has 6 heteroatoms. The van der Waals surface area contributed by atoms with Crippen molar-refractivity contribution in [1.82, 2.24) is 4.90 Å². The van der Waals surface area contributed by atoms with Crippen molar-refractivity contribution < 1.29 is 14.7 Å². The first kappa shape index (κ1) is 13.9. The van der Waals surface area contributed by atoms with E-state index in [2.05, 4.69) is 5.16 Å². The SMILES string of the molecule is COc1cc2c3c(c1OC)CCCC3CN(/C(N)=N/O)C2. The number of nitrogens with two attached hydrogens (primary N) is 1. The van der Waals surface area contributed by atoms with Crippen LogP contribution in [-0.2, 0) is 13.0 Å². The maximum absolute atomic E-state index is 8.92. The van der Waals surface area contributed by atoms with Crippen LogP contribution < -0.4 is 15.2 Å². The van der Waals surface area contributed by atoms with Gasteiger partial charge in [0.2, 0.25) is 5.96 Å². The van der Waals surface area contributed by atoms with Crippen molar-refractivity contribution in [2.75, 3.05) is 20.8 Å². The Kier molecular flexibility index (Phi) is 3.53. The number of ether oxygens (including phenoxy) is 2. The fraction of sp³-hybridized carbons (Fsp3) is 0.533. The zero-order valence-corrected chi connectivity index (χ0v) is 12.4. The first-order valence-corrected chi connectivity index (χ1v) is 7.18. The molecular formula is C15H21N3O3. The molecule has 2 aliphatic rings. The average Bonchev–Trinajstić information content (AvgIpc) is 2.53. The number of guanidine groups is 1. The molecule has 0 radical (unpaired) electrons. The van der Waals surface area contributed by atoms with E-state index < -0.39 is 0 Å². The number of methoxy groups -OCH3 is 2. The molecule has 6 nitrogen and oxygen atoms in total. The summed E-state index contributed by atoms with van der Waals surface area (Å²) in [6.07, 6.45) is 3.25. The Bertz CT molecular complexity index is 586. The average molecular weight is 291 g/mol. The number of nitrogens with zero attached hydrogens (tertiary/aromatic N) is 2. The number of benzene rings is 1. The third kappa shape index (κ3) is 2.14. The van der Waals surface area contributed by atoms with Gasteiger partial charge in [0.1, 0.15) is 0 Å². The van der Waals surface area contributed by atoms with Crippen molar-refractivity contribution >= 4 is 5.96 Å². The van der Waals surface area contributed by atoms with Gasteiger partial charge < -0.3 is 25.3 Å². The topological polar surface area (TPSA) is 80.3 Å². The van der Waals surface area contributed by atoms with Gasteiger partial charge in [-0.05, 0) is 36.5 Å². The molecule has 1 atom stereocenters. The molecule has 3 N–H and O–H groups in total. The molecule has 21 heavy (non-hydrogen) atoms. The molecule has 0 aromatic heterocycles. The summed E-state index contributed by atoms with van der Waals surface area (Å²) in [5, 5.41) is 12.1. The van der Waals surface area contributed by atoms with Crippen molar-refractivity contribution in [3.63, 3.8) is 0 Å². The normalized spacial score (nSPS) is 21.0. The standard InChI is InChI=1S/C15H21N3O3/c1-20-12-6-10-8-18(15(16)17-19)7-9-4-3-5-11(13(9)10)14(12)21-2/h6,9,19H,3-5,7-8H2,1-2H3,(H2,16,17). The van der Waals surface area contributed by atoms with Crippen LogP contribution in [0.2, 0.25) is 0 Å². The van der Waals surface area contributed by atoms with Crippen LogP contribution in [0.5, 0.6) is 11.5 Å². The molecule has 0 saturated carbocycles. The maximum Gasteiger partial charge on any atom is 0.233 e. The van der Waals surface area contributed by atoms with Gasteiger partial charge in [0, 0.05) is 24.6 Å². The quantitative estimate of drug-likeness (QED) is 0.375. The highest BCUT2D eigenvalue weighted by atomic mass is 16.5. The second-order valence-electron chi connectivity index (χ2n) is 5.59. The van der Waals surface area contributed by atoms with E-state index in [1.54, 1.807) is 14.2 Å². The second-order valence-corrected chi connectivity index (χ2v) is 5.59. The molecule has 0 bridgehead atoms. The van der Waals surface area contributed by atoms with Crippen molar-refractivity contribution in [3.8, 4) is 11.5 Å². The van der Waals surface area contributed by atoms with Crippen LogP contribution in [-0.4, -0.2) is 36.8 Å². The minimum atomic E-state index is 0.169. The fourth-order valence-electron chi connectivity index (χ4n) is 3.66. The monoisotopic (exact) mass is 291 g/mol. The summed E-state index contributed by atoms with van der Waals surface area (Å²) >= 11 is 0. The van der Waals surface area contributed by atoms with Crippen LogP contribution in [0.3, 0.4) is 0 Å². The predicted molar refractivity (Wildman–Crippen MR) is 79.0 cm³/mol. The molecule has 0 fully saturated rings. The second kappa shape index (κ2) is 5.35. The highest BCUT2D eigenvalue weighted by molar-refractivity contribution is 5.78. The largest absolute Gasteiger partial charge is 0.493 e. The van der Waals surface area contributed by atoms with Crippen molar-refractivity contribution in [1.29, 1.82) is 0 Å². The van der Waals surface area contributed by atoms with Crippen molar-refractivity contribution in [2.45, 2.75) is 31.7 Å². The van der Waals surface area contributed by atoms with Gasteiger partial charge in [-0.1, -0.05) is 5.16 Å². The Morgan fingerprint density at radius 2 is 2.24 bits per heavy atom. The van der Waals surface area contributed by atoms with E-state index in [-0.39, 0.29) is 5.96 Å². The van der Waals surface area contributed by atoms with Gasteiger partial charge in [-0.15, -0.1) is 0 Å². The summed E-state index contributed by atoms with van der Waals surface area (Å²) in [6.45, 7) is 1.42. The van der Waals surface area contributed by atoms with Gasteiger partial charge in [0.15, 0.2) is 11.5 Å². The van der Waals surface area contributed by atoms with Gasteiger partial charge in [0.25, 0.3) is 0 Å². The molecule has 1 aromatic carbocycles. The summed E-state index contributed by atoms with van der Waals surface area (Å²) in [5.41, 5.74) is 9.60. The summed E-state index contributed by atoms with van der Waals surface area (Å²) in [7, 11) is 3.34. The van der Waals surface area contributed by atoms with Crippen molar-refractivity contribution in [3.05, 3.63) is 22.8 Å². The summed E-state index contributed by atoms with van der Waals surface area (Å²) < 4.78 is 11.0. The van der Waals surface area contributed by atoms with Crippen LogP contribution in [0.15, 0.2) is 11.2 Å². The van der Waals surface area contributed by atoms with E-state index in [1.165, 1.54) is 16.7 Å². The predicted octanol–water partition coefficient (Wildman–Crippen LogP) is 1.64. The summed E-state index contributed by atoms with van der Waals surface area (Å²) in [4.78, 5) is 1.91. The molecule has 3 rings (SSSR count). The van der Waals surface area contributed by atoms with Gasteiger partial charge in [-0.3, -0.25) is 0 Å². The van der Waals surface area contributed by atoms with Gasteiger partial charge in [-0.2, -0.15) is 0 Å². The first-order chi connectivity index (χ1) is 10.2. The van der Waals surface area contributed by atoms with E-state index in [0.29, 0.717) is 12.5 Å². The molecule has 1 heterocycles. The molecule has 1 aliphatic carbocycles. The number of oxime groups is 1. The van der Waals surface area contributed by atoms with Gasteiger partial charge in [-0.25, -0.2) is 0 Å². The van der Waals surface area contributed by atoms with Crippen LogP contribution in [0.25, 0.3) is 0 Å². The highest BCUT2D eigenvalue weighted by Gasteiger charge is 2.34. The lowest BCUT2D eigenvalue weighted by atomic mass is 9.77. The molecule has 1 aliphatic heterocycles. The van der Waals surface area contributed by atoms with Gasteiger partial charge >= 0.3 is 0 Å². The van der Waals surface area contributed by atoms with Crippen LogP contribution in [0.1, 0.15) is 35.4 Å². The van der Waals surface area contributed by atoms with E-state index in [4.69, 9.17) is 20.4 Å². The molecular weight excluding hydrogens is 270 g/mol. The Labute approximate surface area is 124 Å². The third-order valence-electron chi connectivity index (χ3n) is 4.51. The molecule has 0 amide bonds. The smallest absolute Gasteiger partial charge is 0.233 e. The Morgan fingerprint density at radius 3 is 2.90 bits per heavy atom. The number of hydrogen-bond donors (Lipinski definition) is 2. The van der Waals surface area contributed by atoms with E-state index in [0.717, 1.165) is 37.3 Å². The fourth-order valence-corrected chi connectivity index (χ4v) is 3.66. The van der Waals surface area contributed by atoms with E-state index >= 15 is 0 Å². The van der Waals surface area contributed by atoms with Crippen LogP contribution in [0, 0.1) is 0 Å². The minimum Gasteiger partial charge on any atom is -0.493 e. The molecule has 1 unspecified atom stereocenters. The van der Waals surface area contributed by atoms with Crippen LogP contribution >= 0.6 is 0 Å². The summed E-state index contributed by atoms with van der Waals surface area (Å²) in [6, 6.07) is 2.02. The minimum absolute atomic E-state index is 0.169. The lowest BCUT2D eigenvalue weighted by Gasteiger charge is -2.39. The molecule has 114 valence electrons. The Hall–Kier alpha value is -2.11. The maximum atomic E-state index is 8.92. The van der Waals surface area contributed by atoms with Crippen molar-refractivity contribution in [2.24, 2.45) is 10.9 Å². The summed E-state index contributed by atoms with van der Waals surface area (Å²) in [5.74, 6) is 2.19. The van der Waals surface area contributed by atoms with E-state index in [1.807, 2.05) is 11.0 Å². The lowest BCUT2D eigenvalue weighted by molar-refractivity contribution is 0.275. The highest BCUT2D eigenvalue weighted by Crippen LogP contribution is 2.46. The number of rotatable bonds is 2.